The van der Waals surface area contributed by atoms with Gasteiger partial charge in [0.2, 0.25) is 0 Å². The summed E-state index contributed by atoms with van der Waals surface area (Å²) in [6.07, 6.45) is 1.54. The van der Waals surface area contributed by atoms with Gasteiger partial charge in [0.25, 0.3) is 0 Å². The van der Waals surface area contributed by atoms with Crippen molar-refractivity contribution >= 4 is 10.9 Å². The minimum absolute atomic E-state index is 0.293. The maximum atomic E-state index is 9.79. The smallest absolute Gasteiger partial charge is 0.137 e. The van der Waals surface area contributed by atoms with Crippen molar-refractivity contribution in [3.8, 4) is 5.75 Å². The van der Waals surface area contributed by atoms with Gasteiger partial charge in [-0.25, -0.2) is 0 Å². The summed E-state index contributed by atoms with van der Waals surface area (Å²) in [6, 6.07) is 6.13. The molecule has 1 aromatic heterocycles. The molecule has 15 heavy (non-hydrogen) atoms. The van der Waals surface area contributed by atoms with Crippen LogP contribution in [0.1, 0.15) is 30.9 Å². The third-order valence-corrected chi connectivity index (χ3v) is 2.62. The first-order valence-corrected chi connectivity index (χ1v) is 5.18. The van der Waals surface area contributed by atoms with Crippen molar-refractivity contribution in [2.45, 2.75) is 26.7 Å². The molecular weight excluding hydrogens is 186 g/mol. The quantitative estimate of drug-likeness (QED) is 0.767. The summed E-state index contributed by atoms with van der Waals surface area (Å²) in [6.45, 7) is 6.20. The molecule has 0 saturated carbocycles. The third kappa shape index (κ3) is 1.67. The molecular formula is C13H15NO. The van der Waals surface area contributed by atoms with E-state index in [1.807, 2.05) is 19.1 Å². The van der Waals surface area contributed by atoms with Gasteiger partial charge in [-0.15, -0.1) is 0 Å². The van der Waals surface area contributed by atoms with Crippen LogP contribution in [0.3, 0.4) is 0 Å². The largest absolute Gasteiger partial charge is 0.506 e. The highest BCUT2D eigenvalue weighted by atomic mass is 16.3. The number of hydrogen-bond acceptors (Lipinski definition) is 2. The Hall–Kier alpha value is -1.57. The second kappa shape index (κ2) is 3.54. The first-order valence-electron chi connectivity index (χ1n) is 5.18. The van der Waals surface area contributed by atoms with Crippen LogP contribution in [0.5, 0.6) is 5.75 Å². The Morgan fingerprint density at radius 1 is 1.27 bits per heavy atom. The van der Waals surface area contributed by atoms with Crippen LogP contribution in [0, 0.1) is 6.92 Å². The van der Waals surface area contributed by atoms with Gasteiger partial charge in [-0.2, -0.15) is 0 Å². The third-order valence-electron chi connectivity index (χ3n) is 2.62. The lowest BCUT2D eigenvalue weighted by Gasteiger charge is -2.11. The van der Waals surface area contributed by atoms with E-state index < -0.39 is 0 Å². The molecule has 2 nitrogen and oxygen atoms in total. The molecule has 0 bridgehead atoms. The van der Waals surface area contributed by atoms with Crippen molar-refractivity contribution in [1.82, 2.24) is 4.98 Å². The molecule has 1 heterocycles. The Balaban J connectivity index is 2.82. The topological polar surface area (TPSA) is 33.1 Å². The van der Waals surface area contributed by atoms with Gasteiger partial charge in [0, 0.05) is 10.9 Å². The number of pyridine rings is 1. The van der Waals surface area contributed by atoms with Crippen LogP contribution in [0.25, 0.3) is 10.9 Å². The molecule has 0 aliphatic heterocycles. The molecule has 2 heteroatoms. The van der Waals surface area contributed by atoms with Crippen LogP contribution in [-0.4, -0.2) is 10.1 Å². The molecule has 0 fully saturated rings. The Kier molecular flexibility index (Phi) is 2.35. The molecule has 0 atom stereocenters. The Bertz CT molecular complexity index is 503. The SMILES string of the molecule is Cc1ccc2c(C(C)C)c(O)cnc2c1. The highest BCUT2D eigenvalue weighted by molar-refractivity contribution is 5.85. The zero-order valence-corrected chi connectivity index (χ0v) is 9.28. The number of aromatic nitrogens is 1. The number of fused-ring (bicyclic) bond motifs is 1. The van der Waals surface area contributed by atoms with Gasteiger partial charge in [0.05, 0.1) is 11.7 Å². The maximum Gasteiger partial charge on any atom is 0.137 e. The lowest BCUT2D eigenvalue weighted by molar-refractivity contribution is 0.464. The molecule has 2 aromatic rings. The van der Waals surface area contributed by atoms with Gasteiger partial charge < -0.3 is 5.11 Å². The summed E-state index contributed by atoms with van der Waals surface area (Å²) in [7, 11) is 0. The maximum absolute atomic E-state index is 9.79. The molecule has 0 radical (unpaired) electrons. The van der Waals surface area contributed by atoms with Crippen molar-refractivity contribution in [2.24, 2.45) is 0 Å². The summed E-state index contributed by atoms with van der Waals surface area (Å²) < 4.78 is 0. The van der Waals surface area contributed by atoms with Crippen molar-refractivity contribution in [3.63, 3.8) is 0 Å². The second-order valence-electron chi connectivity index (χ2n) is 4.23. The minimum Gasteiger partial charge on any atom is -0.506 e. The number of rotatable bonds is 1. The average molecular weight is 201 g/mol. The van der Waals surface area contributed by atoms with E-state index in [0.29, 0.717) is 11.7 Å². The molecule has 0 saturated heterocycles. The van der Waals surface area contributed by atoms with Crippen molar-refractivity contribution < 1.29 is 5.11 Å². The van der Waals surface area contributed by atoms with E-state index in [9.17, 15) is 5.11 Å². The summed E-state index contributed by atoms with van der Waals surface area (Å²) >= 11 is 0. The van der Waals surface area contributed by atoms with Gasteiger partial charge in [-0.3, -0.25) is 4.98 Å². The number of benzene rings is 1. The van der Waals surface area contributed by atoms with Crippen LogP contribution in [0.2, 0.25) is 0 Å². The fourth-order valence-electron chi connectivity index (χ4n) is 1.92. The normalized spacial score (nSPS) is 11.2. The minimum atomic E-state index is 0.293. The number of aryl methyl sites for hydroxylation is 1. The highest BCUT2D eigenvalue weighted by Gasteiger charge is 2.11. The molecule has 2 rings (SSSR count). The van der Waals surface area contributed by atoms with Crippen LogP contribution in [0.4, 0.5) is 0 Å². The van der Waals surface area contributed by atoms with Crippen LogP contribution < -0.4 is 0 Å². The monoisotopic (exact) mass is 201 g/mol. The van der Waals surface area contributed by atoms with E-state index >= 15 is 0 Å². The number of aromatic hydroxyl groups is 1. The van der Waals surface area contributed by atoms with Crippen LogP contribution in [-0.2, 0) is 0 Å². The van der Waals surface area contributed by atoms with E-state index in [4.69, 9.17) is 0 Å². The molecule has 0 amide bonds. The predicted octanol–water partition coefficient (Wildman–Crippen LogP) is 3.37. The zero-order chi connectivity index (χ0) is 11.0. The van der Waals surface area contributed by atoms with E-state index in [0.717, 1.165) is 16.5 Å². The van der Waals surface area contributed by atoms with Gasteiger partial charge in [0.1, 0.15) is 5.75 Å². The van der Waals surface area contributed by atoms with Gasteiger partial charge >= 0.3 is 0 Å². The zero-order valence-electron chi connectivity index (χ0n) is 9.28. The Morgan fingerprint density at radius 2 is 2.00 bits per heavy atom. The summed E-state index contributed by atoms with van der Waals surface area (Å²) in [5.74, 6) is 0.597. The summed E-state index contributed by atoms with van der Waals surface area (Å²) in [5.41, 5.74) is 3.13. The molecule has 0 aliphatic rings. The Labute approximate surface area is 89.6 Å². The van der Waals surface area contributed by atoms with E-state index in [1.165, 1.54) is 11.8 Å². The highest BCUT2D eigenvalue weighted by Crippen LogP contribution is 2.31. The fourth-order valence-corrected chi connectivity index (χ4v) is 1.92. The van der Waals surface area contributed by atoms with Crippen molar-refractivity contribution in [2.75, 3.05) is 0 Å². The van der Waals surface area contributed by atoms with Gasteiger partial charge in [-0.1, -0.05) is 26.0 Å². The first kappa shape index (κ1) is 9.97. The molecule has 0 unspecified atom stereocenters. The fraction of sp³-hybridized carbons (Fsp3) is 0.308. The lowest BCUT2D eigenvalue weighted by Crippen LogP contribution is -1.92. The molecule has 0 aliphatic carbocycles. The average Bonchev–Trinajstić information content (AvgIpc) is 2.17. The summed E-state index contributed by atoms with van der Waals surface area (Å²) in [4.78, 5) is 4.23. The van der Waals surface area contributed by atoms with Gasteiger partial charge in [-0.05, 0) is 24.5 Å². The van der Waals surface area contributed by atoms with Crippen LogP contribution >= 0.6 is 0 Å². The predicted molar refractivity (Wildman–Crippen MR) is 62.2 cm³/mol. The summed E-state index contributed by atoms with van der Waals surface area (Å²) in [5, 5.41) is 10.8. The van der Waals surface area contributed by atoms with Gasteiger partial charge in [0.15, 0.2) is 0 Å². The molecule has 78 valence electrons. The van der Waals surface area contributed by atoms with Crippen LogP contribution in [0.15, 0.2) is 24.4 Å². The van der Waals surface area contributed by atoms with Crippen molar-refractivity contribution in [3.05, 3.63) is 35.5 Å². The lowest BCUT2D eigenvalue weighted by atomic mass is 9.97. The van der Waals surface area contributed by atoms with E-state index in [1.54, 1.807) is 0 Å². The molecule has 1 aromatic carbocycles. The standard InChI is InChI=1S/C13H15NO/c1-8(2)13-10-5-4-9(3)6-11(10)14-7-12(13)15/h4-8,15H,1-3H3. The first-order chi connectivity index (χ1) is 7.09. The van der Waals surface area contributed by atoms with Crippen molar-refractivity contribution in [1.29, 1.82) is 0 Å². The van der Waals surface area contributed by atoms with E-state index in [2.05, 4.69) is 24.9 Å². The second-order valence-corrected chi connectivity index (χ2v) is 4.23. The molecule has 0 spiro atoms. The molecule has 1 N–H and O–H groups in total. The number of hydrogen-bond donors (Lipinski definition) is 1. The van der Waals surface area contributed by atoms with E-state index in [-0.39, 0.29) is 0 Å². The number of nitrogens with zero attached hydrogens (tertiary/aromatic N) is 1. The Morgan fingerprint density at radius 3 is 2.67 bits per heavy atom.